The number of aryl methyl sites for hydroxylation is 1. The van der Waals surface area contributed by atoms with E-state index in [0.717, 1.165) is 12.0 Å². The van der Waals surface area contributed by atoms with Crippen LogP contribution in [0.2, 0.25) is 0 Å². The van der Waals surface area contributed by atoms with Gasteiger partial charge in [0.1, 0.15) is 5.75 Å². The van der Waals surface area contributed by atoms with E-state index in [1.54, 1.807) is 29.2 Å². The summed E-state index contributed by atoms with van der Waals surface area (Å²) in [6.45, 7) is 2.96. The molecule has 1 aliphatic heterocycles. The molecule has 0 atom stereocenters. The van der Waals surface area contributed by atoms with E-state index in [9.17, 15) is 29.1 Å². The fourth-order valence-electron chi connectivity index (χ4n) is 4.45. The van der Waals surface area contributed by atoms with Gasteiger partial charge in [-0.3, -0.25) is 14.4 Å². The number of carboxylic acid groups (broad SMARTS) is 1. The van der Waals surface area contributed by atoms with Gasteiger partial charge < -0.3 is 40.4 Å². The Hall–Kier alpha value is -3.61. The summed E-state index contributed by atoms with van der Waals surface area (Å²) in [4.78, 5) is 63.6. The fourth-order valence-corrected chi connectivity index (χ4v) is 4.45. The summed E-state index contributed by atoms with van der Waals surface area (Å²) in [5.41, 5.74) is 2.60. The maximum atomic E-state index is 12.8. The molecule has 0 unspecified atom stereocenters. The zero-order valence-corrected chi connectivity index (χ0v) is 26.4. The number of aliphatic carboxylic acids is 1. The first-order chi connectivity index (χ1) is 19.7. The zero-order chi connectivity index (χ0) is 29.8. The third-order valence-corrected chi connectivity index (χ3v) is 6.67. The number of likely N-dealkylation sites (tertiary alicyclic amines) is 1. The van der Waals surface area contributed by atoms with Crippen molar-refractivity contribution < 1.29 is 63.4 Å². The van der Waals surface area contributed by atoms with Crippen molar-refractivity contribution in [3.05, 3.63) is 53.6 Å². The van der Waals surface area contributed by atoms with E-state index in [0.29, 0.717) is 48.6 Å². The van der Waals surface area contributed by atoms with Gasteiger partial charge in [-0.15, -0.1) is 0 Å². The molecule has 0 radical (unpaired) electrons. The first-order valence-electron chi connectivity index (χ1n) is 13.5. The molecule has 0 saturated carbocycles. The molecule has 0 spiro atoms. The summed E-state index contributed by atoms with van der Waals surface area (Å²) in [5.74, 6) is -1.68. The Morgan fingerprint density at radius 2 is 1.79 bits per heavy atom. The number of rotatable bonds is 14. The van der Waals surface area contributed by atoms with Gasteiger partial charge in [-0.2, -0.15) is 0 Å². The molecule has 1 heterocycles. The minimum absolute atomic E-state index is 0. The van der Waals surface area contributed by atoms with Gasteiger partial charge in [-0.25, -0.2) is 4.79 Å². The minimum atomic E-state index is -1.28. The van der Waals surface area contributed by atoms with E-state index in [-0.39, 0.29) is 67.9 Å². The number of nitrogens with zero attached hydrogens (tertiary/aromatic N) is 2. The van der Waals surface area contributed by atoms with Crippen molar-refractivity contribution in [2.24, 2.45) is 0 Å². The summed E-state index contributed by atoms with van der Waals surface area (Å²) in [6, 6.07) is 11.8. The molecule has 1 fully saturated rings. The average molecular weight is 590 g/mol. The van der Waals surface area contributed by atoms with Crippen LogP contribution in [0.4, 0.5) is 16.2 Å². The first kappa shape index (κ1) is 34.6. The van der Waals surface area contributed by atoms with E-state index in [2.05, 4.69) is 16.0 Å². The Balaban J connectivity index is 0.00000616. The number of hydrogen-bond acceptors (Lipinski definition) is 7. The van der Waals surface area contributed by atoms with Crippen molar-refractivity contribution in [2.75, 3.05) is 50.5 Å². The summed E-state index contributed by atoms with van der Waals surface area (Å²) in [7, 11) is 1.45. The molecule has 42 heavy (non-hydrogen) atoms. The molecule has 13 heteroatoms. The maximum Gasteiger partial charge on any atom is 1.00 e. The molecular formula is C29H36N5NaO7. The van der Waals surface area contributed by atoms with Crippen LogP contribution in [0.15, 0.2) is 42.5 Å². The zero-order valence-electron chi connectivity index (χ0n) is 24.4. The summed E-state index contributed by atoms with van der Waals surface area (Å²) < 4.78 is 5.39. The second-order valence-corrected chi connectivity index (χ2v) is 9.72. The topological polar surface area (TPSA) is 160 Å². The van der Waals surface area contributed by atoms with Gasteiger partial charge in [0, 0.05) is 50.7 Å². The molecule has 0 bridgehead atoms. The molecule has 3 rings (SSSR count). The number of methoxy groups -OCH3 is 1. The normalized spacial score (nSPS) is 12.2. The second kappa shape index (κ2) is 17.4. The number of carboxylic acids is 1. The number of amides is 5. The van der Waals surface area contributed by atoms with E-state index in [1.165, 1.54) is 12.0 Å². The van der Waals surface area contributed by atoms with Crippen LogP contribution in [0.3, 0.4) is 0 Å². The Bertz CT molecular complexity index is 1270. The summed E-state index contributed by atoms with van der Waals surface area (Å²) in [6.07, 6.45) is 1.46. The van der Waals surface area contributed by atoms with Crippen molar-refractivity contribution in [3.8, 4) is 5.75 Å². The Morgan fingerprint density at radius 1 is 1.05 bits per heavy atom. The smallest absolute Gasteiger partial charge is 0.550 e. The van der Waals surface area contributed by atoms with Gasteiger partial charge in [-0.05, 0) is 49.1 Å². The fraction of sp³-hybridized carbons (Fsp3) is 0.414. The van der Waals surface area contributed by atoms with Crippen molar-refractivity contribution >= 4 is 41.1 Å². The van der Waals surface area contributed by atoms with Gasteiger partial charge in [0.2, 0.25) is 17.7 Å². The van der Waals surface area contributed by atoms with Crippen molar-refractivity contribution in [1.29, 1.82) is 0 Å². The molecular weight excluding hydrogens is 553 g/mol. The Kier molecular flexibility index (Phi) is 14.3. The van der Waals surface area contributed by atoms with Crippen LogP contribution in [-0.2, 0) is 25.6 Å². The molecule has 1 saturated heterocycles. The van der Waals surface area contributed by atoms with Crippen LogP contribution in [0.1, 0.15) is 36.8 Å². The van der Waals surface area contributed by atoms with Crippen LogP contribution in [0, 0.1) is 6.92 Å². The van der Waals surface area contributed by atoms with E-state index < -0.39 is 23.8 Å². The quantitative estimate of drug-likeness (QED) is 0.221. The van der Waals surface area contributed by atoms with E-state index in [4.69, 9.17) is 4.74 Å². The van der Waals surface area contributed by atoms with Crippen LogP contribution in [-0.4, -0.2) is 79.4 Å². The summed E-state index contributed by atoms with van der Waals surface area (Å²) in [5, 5.41) is 19.0. The third kappa shape index (κ3) is 11.0. The van der Waals surface area contributed by atoms with E-state index in [1.807, 2.05) is 25.1 Å². The first-order valence-corrected chi connectivity index (χ1v) is 13.5. The third-order valence-electron chi connectivity index (χ3n) is 6.67. The van der Waals surface area contributed by atoms with E-state index >= 15 is 0 Å². The Labute approximate surface area is 267 Å². The number of carbonyl (C=O) groups is 5. The molecule has 5 amide bonds. The van der Waals surface area contributed by atoms with Gasteiger partial charge in [0.15, 0.2) is 0 Å². The minimum Gasteiger partial charge on any atom is -0.550 e. The van der Waals surface area contributed by atoms with Gasteiger partial charge in [0.25, 0.3) is 0 Å². The number of ether oxygens (including phenoxy) is 1. The SMILES string of the molecule is COc1cc(CC(=O)NCC(=O)N(CCCN2CCCC2=O)CCC(=O)[O-])ccc1NC(=O)Nc1ccccc1C.[Na+]. The molecule has 2 aromatic carbocycles. The van der Waals surface area contributed by atoms with Gasteiger partial charge >= 0.3 is 35.6 Å². The molecule has 0 aromatic heterocycles. The average Bonchev–Trinajstić information content (AvgIpc) is 3.35. The predicted octanol–water partition coefficient (Wildman–Crippen LogP) is -1.71. The number of carbonyl (C=O) groups excluding carboxylic acids is 5. The second-order valence-electron chi connectivity index (χ2n) is 9.72. The molecule has 220 valence electrons. The molecule has 2 aromatic rings. The number of benzene rings is 2. The number of anilines is 2. The maximum absolute atomic E-state index is 12.8. The summed E-state index contributed by atoms with van der Waals surface area (Å²) >= 11 is 0. The predicted molar refractivity (Wildman–Crippen MR) is 150 cm³/mol. The van der Waals surface area contributed by atoms with Crippen LogP contribution in [0.25, 0.3) is 0 Å². The molecule has 12 nitrogen and oxygen atoms in total. The Morgan fingerprint density at radius 3 is 2.45 bits per heavy atom. The van der Waals surface area contributed by atoms with Crippen LogP contribution >= 0.6 is 0 Å². The number of para-hydroxylation sites is 1. The standard InChI is InChI=1S/C29H37N5O7.Na/c1-20-7-3-4-8-22(20)31-29(40)32-23-11-10-21(17-24(23)41-2)18-25(35)30-19-27(37)34(16-12-28(38)39)15-6-14-33-13-5-9-26(33)36;/h3-4,7-8,10-11,17H,5-6,9,12-16,18-19H2,1-2H3,(H,30,35)(H,38,39)(H2,31,32,40);/q;+1/p-1. The molecule has 0 aliphatic carbocycles. The molecule has 3 N–H and O–H groups in total. The number of nitrogens with one attached hydrogen (secondary N) is 3. The molecule has 1 aliphatic rings. The number of hydrogen-bond donors (Lipinski definition) is 3. The van der Waals surface area contributed by atoms with Crippen LogP contribution in [0.5, 0.6) is 5.75 Å². The van der Waals surface area contributed by atoms with Crippen molar-refractivity contribution in [2.45, 2.75) is 39.0 Å². The van der Waals surface area contributed by atoms with Crippen molar-refractivity contribution in [3.63, 3.8) is 0 Å². The monoisotopic (exact) mass is 589 g/mol. The van der Waals surface area contributed by atoms with Crippen LogP contribution < -0.4 is 55.4 Å². The van der Waals surface area contributed by atoms with Crippen molar-refractivity contribution in [1.82, 2.24) is 15.1 Å². The largest absolute Gasteiger partial charge is 1.00 e. The van der Waals surface area contributed by atoms with Gasteiger partial charge in [0.05, 0.1) is 25.8 Å². The van der Waals surface area contributed by atoms with Gasteiger partial charge in [-0.1, -0.05) is 24.3 Å². The number of urea groups is 1.